The van der Waals surface area contributed by atoms with E-state index in [0.717, 1.165) is 12.8 Å². The zero-order valence-electron chi connectivity index (χ0n) is 12.2. The van der Waals surface area contributed by atoms with Crippen molar-refractivity contribution in [3.05, 3.63) is 24.2 Å². The summed E-state index contributed by atoms with van der Waals surface area (Å²) >= 11 is 0. The number of carbonyl (C=O) groups is 2. The molecule has 2 fully saturated rings. The molecule has 1 aromatic heterocycles. The summed E-state index contributed by atoms with van der Waals surface area (Å²) in [6.07, 6.45) is 3.71. The second-order valence-corrected chi connectivity index (χ2v) is 5.76. The third-order valence-corrected chi connectivity index (χ3v) is 4.18. The van der Waals surface area contributed by atoms with Crippen molar-refractivity contribution in [3.63, 3.8) is 0 Å². The van der Waals surface area contributed by atoms with Gasteiger partial charge in [-0.2, -0.15) is 0 Å². The SMILES string of the molecule is C[C@H](C(=O)NC1CC1)N1CCN(C(=O)c2ccco2)CC1. The minimum absolute atomic E-state index is 0.0743. The lowest BCUT2D eigenvalue weighted by atomic mass is 10.2. The molecular formula is C15H21N3O3. The van der Waals surface area contributed by atoms with Crippen LogP contribution in [0, 0.1) is 0 Å². The van der Waals surface area contributed by atoms with E-state index in [0.29, 0.717) is 38.0 Å². The molecular weight excluding hydrogens is 270 g/mol. The highest BCUT2D eigenvalue weighted by Gasteiger charge is 2.31. The largest absolute Gasteiger partial charge is 0.459 e. The van der Waals surface area contributed by atoms with Crippen molar-refractivity contribution < 1.29 is 14.0 Å². The van der Waals surface area contributed by atoms with E-state index in [1.807, 2.05) is 6.92 Å². The summed E-state index contributed by atoms with van der Waals surface area (Å²) in [4.78, 5) is 28.1. The van der Waals surface area contributed by atoms with E-state index in [1.54, 1.807) is 17.0 Å². The van der Waals surface area contributed by atoms with Gasteiger partial charge in [0.1, 0.15) is 0 Å². The van der Waals surface area contributed by atoms with Crippen LogP contribution in [0.2, 0.25) is 0 Å². The van der Waals surface area contributed by atoms with Crippen LogP contribution in [0.3, 0.4) is 0 Å². The monoisotopic (exact) mass is 291 g/mol. The van der Waals surface area contributed by atoms with Crippen LogP contribution in [0.4, 0.5) is 0 Å². The number of rotatable bonds is 4. The van der Waals surface area contributed by atoms with Gasteiger partial charge in [-0.15, -0.1) is 0 Å². The molecule has 6 nitrogen and oxygen atoms in total. The molecule has 0 aromatic carbocycles. The quantitative estimate of drug-likeness (QED) is 0.887. The molecule has 1 saturated carbocycles. The second-order valence-electron chi connectivity index (χ2n) is 5.76. The summed E-state index contributed by atoms with van der Waals surface area (Å²) in [7, 11) is 0. The molecule has 1 aromatic rings. The summed E-state index contributed by atoms with van der Waals surface area (Å²) in [6.45, 7) is 4.61. The number of furan rings is 1. The summed E-state index contributed by atoms with van der Waals surface area (Å²) in [5, 5.41) is 3.03. The van der Waals surface area contributed by atoms with Gasteiger partial charge in [0.2, 0.25) is 5.91 Å². The van der Waals surface area contributed by atoms with E-state index in [-0.39, 0.29) is 17.9 Å². The highest BCUT2D eigenvalue weighted by molar-refractivity contribution is 5.91. The van der Waals surface area contributed by atoms with Crippen LogP contribution >= 0.6 is 0 Å². The Labute approximate surface area is 124 Å². The fourth-order valence-corrected chi connectivity index (χ4v) is 2.58. The van der Waals surface area contributed by atoms with Crippen LogP contribution in [-0.2, 0) is 4.79 Å². The third-order valence-electron chi connectivity index (χ3n) is 4.18. The normalized spacial score (nSPS) is 21.1. The Morgan fingerprint density at radius 1 is 1.29 bits per heavy atom. The number of carbonyl (C=O) groups excluding carboxylic acids is 2. The first-order valence-corrected chi connectivity index (χ1v) is 7.52. The first kappa shape index (κ1) is 14.1. The zero-order chi connectivity index (χ0) is 14.8. The Hall–Kier alpha value is -1.82. The van der Waals surface area contributed by atoms with Crippen LogP contribution in [0.15, 0.2) is 22.8 Å². The average molecular weight is 291 g/mol. The van der Waals surface area contributed by atoms with Crippen molar-refractivity contribution in [1.82, 2.24) is 15.1 Å². The van der Waals surface area contributed by atoms with E-state index in [4.69, 9.17) is 4.42 Å². The van der Waals surface area contributed by atoms with E-state index in [9.17, 15) is 9.59 Å². The molecule has 114 valence electrons. The zero-order valence-corrected chi connectivity index (χ0v) is 12.2. The first-order valence-electron chi connectivity index (χ1n) is 7.52. The van der Waals surface area contributed by atoms with Crippen molar-refractivity contribution in [2.75, 3.05) is 26.2 Å². The molecule has 2 aliphatic rings. The number of hydrogen-bond donors (Lipinski definition) is 1. The van der Waals surface area contributed by atoms with Crippen molar-refractivity contribution >= 4 is 11.8 Å². The number of hydrogen-bond acceptors (Lipinski definition) is 4. The van der Waals surface area contributed by atoms with Gasteiger partial charge in [0.05, 0.1) is 12.3 Å². The summed E-state index contributed by atoms with van der Waals surface area (Å²) in [5.74, 6) is 0.404. The second kappa shape index (κ2) is 5.89. The Bertz CT molecular complexity index is 502. The van der Waals surface area contributed by atoms with E-state index in [2.05, 4.69) is 10.2 Å². The molecule has 21 heavy (non-hydrogen) atoms. The molecule has 2 heterocycles. The fraction of sp³-hybridized carbons (Fsp3) is 0.600. The molecule has 1 aliphatic carbocycles. The Balaban J connectivity index is 1.50. The number of amides is 2. The molecule has 1 atom stereocenters. The van der Waals surface area contributed by atoms with Crippen LogP contribution in [0.25, 0.3) is 0 Å². The summed E-state index contributed by atoms with van der Waals surface area (Å²) in [5.41, 5.74) is 0. The van der Waals surface area contributed by atoms with Crippen LogP contribution in [0.1, 0.15) is 30.3 Å². The number of piperazine rings is 1. The van der Waals surface area contributed by atoms with Gasteiger partial charge in [0.25, 0.3) is 5.91 Å². The van der Waals surface area contributed by atoms with E-state index < -0.39 is 0 Å². The Morgan fingerprint density at radius 2 is 2.00 bits per heavy atom. The van der Waals surface area contributed by atoms with Crippen LogP contribution in [0.5, 0.6) is 0 Å². The Kier molecular flexibility index (Phi) is 3.96. The maximum absolute atomic E-state index is 12.2. The average Bonchev–Trinajstić information content (AvgIpc) is 3.15. The van der Waals surface area contributed by atoms with E-state index in [1.165, 1.54) is 6.26 Å². The number of nitrogens with zero attached hydrogens (tertiary/aromatic N) is 2. The lowest BCUT2D eigenvalue weighted by molar-refractivity contribution is -0.126. The lowest BCUT2D eigenvalue weighted by Crippen LogP contribution is -2.55. The topological polar surface area (TPSA) is 65.8 Å². The van der Waals surface area contributed by atoms with Gasteiger partial charge < -0.3 is 14.6 Å². The van der Waals surface area contributed by atoms with Gasteiger partial charge >= 0.3 is 0 Å². The first-order chi connectivity index (χ1) is 10.1. The summed E-state index contributed by atoms with van der Waals surface area (Å²) < 4.78 is 5.14. The van der Waals surface area contributed by atoms with Gasteiger partial charge in [-0.3, -0.25) is 14.5 Å². The molecule has 0 radical (unpaired) electrons. The molecule has 0 bridgehead atoms. The third kappa shape index (κ3) is 3.26. The smallest absolute Gasteiger partial charge is 0.289 e. The predicted molar refractivity (Wildman–Crippen MR) is 76.8 cm³/mol. The predicted octanol–water partition coefficient (Wildman–Crippen LogP) is 0.704. The summed E-state index contributed by atoms with van der Waals surface area (Å²) in [6, 6.07) is 3.65. The molecule has 2 amide bonds. The maximum atomic E-state index is 12.2. The number of nitrogens with one attached hydrogen (secondary N) is 1. The molecule has 3 rings (SSSR count). The Morgan fingerprint density at radius 3 is 2.57 bits per heavy atom. The van der Waals surface area contributed by atoms with Crippen LogP contribution < -0.4 is 5.32 Å². The molecule has 1 saturated heterocycles. The van der Waals surface area contributed by atoms with Gasteiger partial charge in [-0.05, 0) is 31.9 Å². The minimum atomic E-state index is -0.133. The van der Waals surface area contributed by atoms with Gasteiger partial charge in [-0.25, -0.2) is 0 Å². The maximum Gasteiger partial charge on any atom is 0.289 e. The van der Waals surface area contributed by atoms with Crippen molar-refractivity contribution in [2.45, 2.75) is 31.8 Å². The van der Waals surface area contributed by atoms with Crippen molar-refractivity contribution in [2.24, 2.45) is 0 Å². The highest BCUT2D eigenvalue weighted by Crippen LogP contribution is 2.19. The molecule has 0 unspecified atom stereocenters. The van der Waals surface area contributed by atoms with E-state index >= 15 is 0 Å². The standard InChI is InChI=1S/C15H21N3O3/c1-11(14(19)16-12-4-5-12)17-6-8-18(9-7-17)15(20)13-3-2-10-21-13/h2-3,10-12H,4-9H2,1H3,(H,16,19)/t11-/m1/s1. The van der Waals surface area contributed by atoms with Crippen molar-refractivity contribution in [3.8, 4) is 0 Å². The lowest BCUT2D eigenvalue weighted by Gasteiger charge is -2.37. The van der Waals surface area contributed by atoms with Gasteiger partial charge in [-0.1, -0.05) is 0 Å². The molecule has 1 N–H and O–H groups in total. The van der Waals surface area contributed by atoms with Gasteiger partial charge in [0.15, 0.2) is 5.76 Å². The van der Waals surface area contributed by atoms with Crippen molar-refractivity contribution in [1.29, 1.82) is 0 Å². The van der Waals surface area contributed by atoms with Crippen LogP contribution in [-0.4, -0.2) is 59.9 Å². The molecule has 1 aliphatic heterocycles. The highest BCUT2D eigenvalue weighted by atomic mass is 16.3. The van der Waals surface area contributed by atoms with Gasteiger partial charge in [0, 0.05) is 32.2 Å². The molecule has 0 spiro atoms. The fourth-order valence-electron chi connectivity index (χ4n) is 2.58. The molecule has 6 heteroatoms. The minimum Gasteiger partial charge on any atom is -0.459 e.